The molecule has 2 N–H and O–H groups in total. The van der Waals surface area contributed by atoms with E-state index in [9.17, 15) is 4.79 Å². The summed E-state index contributed by atoms with van der Waals surface area (Å²) in [6.45, 7) is 10.6. The molecule has 0 aromatic heterocycles. The summed E-state index contributed by atoms with van der Waals surface area (Å²) in [6.07, 6.45) is 5.42. The second-order valence-electron chi connectivity index (χ2n) is 10.1. The molecule has 0 aliphatic carbocycles. The molecule has 3 aromatic carbocycles. The number of nitrogens with two attached hydrogens (primary N) is 1. The molecule has 3 aromatic rings. The molecule has 0 heterocycles. The van der Waals surface area contributed by atoms with E-state index in [1.165, 1.54) is 12.5 Å². The van der Waals surface area contributed by atoms with Gasteiger partial charge in [-0.3, -0.25) is 9.79 Å². The molecule has 0 aliphatic rings. The van der Waals surface area contributed by atoms with Gasteiger partial charge in [-0.05, 0) is 92.6 Å². The lowest BCUT2D eigenvalue weighted by molar-refractivity contribution is 0.101. The van der Waals surface area contributed by atoms with Crippen LogP contribution in [0.3, 0.4) is 0 Å². The molecule has 0 radical (unpaired) electrons. The molecule has 3 rings (SSSR count). The van der Waals surface area contributed by atoms with E-state index in [1.54, 1.807) is 26.4 Å². The van der Waals surface area contributed by atoms with Gasteiger partial charge in [0.15, 0.2) is 28.8 Å². The Labute approximate surface area is 244 Å². The number of benzene rings is 3. The Bertz CT molecular complexity index is 1390. The summed E-state index contributed by atoms with van der Waals surface area (Å²) in [5.74, 6) is 2.46. The Hall–Kier alpha value is -4.26. The van der Waals surface area contributed by atoms with Crippen molar-refractivity contribution in [3.05, 3.63) is 76.9 Å². The van der Waals surface area contributed by atoms with E-state index in [4.69, 9.17) is 29.7 Å². The molecule has 0 saturated carbocycles. The van der Waals surface area contributed by atoms with E-state index >= 15 is 0 Å². The number of aliphatic imine (C=N–C) groups is 1. The highest BCUT2D eigenvalue weighted by atomic mass is 16.5. The van der Waals surface area contributed by atoms with Crippen LogP contribution in [0.5, 0.6) is 23.0 Å². The van der Waals surface area contributed by atoms with Crippen molar-refractivity contribution >= 4 is 28.9 Å². The average Bonchev–Trinajstić information content (AvgIpc) is 2.96. The molecule has 0 saturated heterocycles. The van der Waals surface area contributed by atoms with Crippen LogP contribution in [0.25, 0.3) is 5.57 Å². The second kappa shape index (κ2) is 14.9. The molecule has 7 nitrogen and oxygen atoms in total. The number of carbonyl (C=O) groups is 1. The Morgan fingerprint density at radius 2 is 1.46 bits per heavy atom. The van der Waals surface area contributed by atoms with E-state index in [2.05, 4.69) is 13.0 Å². The van der Waals surface area contributed by atoms with Gasteiger partial charge in [0.1, 0.15) is 0 Å². The number of carbonyl (C=O) groups excluding carboxylic acids is 1. The Morgan fingerprint density at radius 3 is 2.02 bits per heavy atom. The summed E-state index contributed by atoms with van der Waals surface area (Å²) in [5, 5.41) is 0. The fourth-order valence-electron chi connectivity index (χ4n) is 4.38. The van der Waals surface area contributed by atoms with Crippen molar-refractivity contribution < 1.29 is 23.7 Å². The summed E-state index contributed by atoms with van der Waals surface area (Å²) in [5.41, 5.74) is 12.2. The van der Waals surface area contributed by atoms with Gasteiger partial charge in [-0.1, -0.05) is 25.1 Å². The molecular formula is C34H42N2O5. The first-order valence-electron chi connectivity index (χ1n) is 13.9. The van der Waals surface area contributed by atoms with Crippen molar-refractivity contribution in [2.24, 2.45) is 10.9 Å². The largest absolute Gasteiger partial charge is 0.493 e. The van der Waals surface area contributed by atoms with Crippen molar-refractivity contribution in [2.45, 2.75) is 47.5 Å². The maximum Gasteiger partial charge on any atom is 0.163 e. The number of nitrogen functional groups attached to an aromatic ring is 1. The number of allylic oxidation sites excluding steroid dienone is 2. The summed E-state index contributed by atoms with van der Waals surface area (Å²) in [7, 11) is 3.19. The van der Waals surface area contributed by atoms with Crippen LogP contribution < -0.4 is 24.7 Å². The van der Waals surface area contributed by atoms with E-state index in [-0.39, 0.29) is 11.7 Å². The number of hydrogen-bond donors (Lipinski definition) is 1. The van der Waals surface area contributed by atoms with Gasteiger partial charge in [-0.2, -0.15) is 0 Å². The van der Waals surface area contributed by atoms with Crippen LogP contribution in [0.2, 0.25) is 0 Å². The molecule has 218 valence electrons. The zero-order valence-electron chi connectivity index (χ0n) is 25.2. The van der Waals surface area contributed by atoms with Crippen LogP contribution in [0, 0.1) is 19.8 Å². The van der Waals surface area contributed by atoms with Gasteiger partial charge in [0, 0.05) is 30.0 Å². The van der Waals surface area contributed by atoms with Crippen molar-refractivity contribution in [3.63, 3.8) is 0 Å². The van der Waals surface area contributed by atoms with E-state index in [0.717, 1.165) is 28.8 Å². The fourth-order valence-corrected chi connectivity index (χ4v) is 4.38. The minimum absolute atomic E-state index is 0.0959. The SMILES string of the molecule is C/C=C(\CC(C)C=Nc1cc(OCCCOc2cc(C)c(C)cc2OC)c(OC)cc1C(C)=O)c1ccc(N)cc1. The highest BCUT2D eigenvalue weighted by molar-refractivity contribution is 6.00. The Kier molecular flexibility index (Phi) is 11.4. The number of aryl methyl sites for hydroxylation is 2. The minimum Gasteiger partial charge on any atom is -0.493 e. The fraction of sp³-hybridized carbons (Fsp3) is 0.353. The number of hydrogen-bond acceptors (Lipinski definition) is 7. The topological polar surface area (TPSA) is 92.4 Å². The molecular weight excluding hydrogens is 516 g/mol. The first kappa shape index (κ1) is 31.3. The van der Waals surface area contributed by atoms with Gasteiger partial charge in [-0.25, -0.2) is 0 Å². The lowest BCUT2D eigenvalue weighted by Gasteiger charge is -2.15. The highest BCUT2D eigenvalue weighted by Gasteiger charge is 2.15. The van der Waals surface area contributed by atoms with Crippen LogP contribution in [0.1, 0.15) is 60.7 Å². The van der Waals surface area contributed by atoms with Crippen LogP contribution in [0.15, 0.2) is 59.6 Å². The van der Waals surface area contributed by atoms with Gasteiger partial charge in [0.05, 0.1) is 33.1 Å². The molecule has 41 heavy (non-hydrogen) atoms. The van der Waals surface area contributed by atoms with Crippen molar-refractivity contribution in [1.82, 2.24) is 0 Å². The normalized spacial score (nSPS) is 12.3. The van der Waals surface area contributed by atoms with E-state index in [1.807, 2.05) is 63.4 Å². The molecule has 0 fully saturated rings. The summed E-state index contributed by atoms with van der Waals surface area (Å²) < 4.78 is 23.0. The minimum atomic E-state index is -0.0959. The maximum absolute atomic E-state index is 12.4. The molecule has 0 bridgehead atoms. The first-order chi connectivity index (χ1) is 19.7. The smallest absolute Gasteiger partial charge is 0.163 e. The lowest BCUT2D eigenvalue weighted by Crippen LogP contribution is -2.07. The monoisotopic (exact) mass is 558 g/mol. The van der Waals surface area contributed by atoms with Crippen molar-refractivity contribution in [2.75, 3.05) is 33.2 Å². The number of ether oxygens (including phenoxy) is 4. The molecule has 1 atom stereocenters. The van der Waals surface area contributed by atoms with Gasteiger partial charge in [0.2, 0.25) is 0 Å². The van der Waals surface area contributed by atoms with E-state index < -0.39 is 0 Å². The summed E-state index contributed by atoms with van der Waals surface area (Å²) in [6, 6.07) is 15.3. The van der Waals surface area contributed by atoms with Crippen molar-refractivity contribution in [3.8, 4) is 23.0 Å². The third kappa shape index (κ3) is 8.61. The zero-order chi connectivity index (χ0) is 29.9. The van der Waals surface area contributed by atoms with Crippen molar-refractivity contribution in [1.29, 1.82) is 0 Å². The zero-order valence-corrected chi connectivity index (χ0v) is 25.2. The number of methoxy groups -OCH3 is 2. The molecule has 0 spiro atoms. The van der Waals surface area contributed by atoms with Gasteiger partial charge >= 0.3 is 0 Å². The number of Topliss-reactive ketones (excluding diaryl/α,β-unsaturated/α-hetero) is 1. The highest BCUT2D eigenvalue weighted by Crippen LogP contribution is 2.36. The molecule has 0 amide bonds. The second-order valence-corrected chi connectivity index (χ2v) is 10.1. The summed E-state index contributed by atoms with van der Waals surface area (Å²) >= 11 is 0. The van der Waals surface area contributed by atoms with Gasteiger partial charge in [0.25, 0.3) is 0 Å². The standard InChI is InChI=1S/C34H42N2O5/c1-8-26(27-10-12-28(35)13-11-27)16-22(2)21-36-30-20-34(32(39-7)19-29(30)25(5)37)41-15-9-14-40-33-18-24(4)23(3)17-31(33)38-6/h8,10-13,17-22H,9,14-16,35H2,1-7H3/b26-8+,36-21?. The van der Waals surface area contributed by atoms with Crippen LogP contribution in [-0.4, -0.2) is 39.4 Å². The van der Waals surface area contributed by atoms with Crippen LogP contribution >= 0.6 is 0 Å². The van der Waals surface area contributed by atoms with Gasteiger partial charge in [-0.15, -0.1) is 0 Å². The quantitative estimate of drug-likeness (QED) is 0.0940. The number of nitrogens with zero attached hydrogens (tertiary/aromatic N) is 1. The predicted octanol–water partition coefficient (Wildman–Crippen LogP) is 7.79. The third-order valence-electron chi connectivity index (χ3n) is 6.88. The van der Waals surface area contributed by atoms with Crippen LogP contribution in [0.4, 0.5) is 11.4 Å². The van der Waals surface area contributed by atoms with Gasteiger partial charge < -0.3 is 24.7 Å². The summed E-state index contributed by atoms with van der Waals surface area (Å²) in [4.78, 5) is 17.2. The molecule has 1 unspecified atom stereocenters. The molecule has 7 heteroatoms. The lowest BCUT2D eigenvalue weighted by atomic mass is 9.95. The number of rotatable bonds is 14. The maximum atomic E-state index is 12.4. The third-order valence-corrected chi connectivity index (χ3v) is 6.88. The molecule has 0 aliphatic heterocycles. The van der Waals surface area contributed by atoms with E-state index in [0.29, 0.717) is 53.9 Å². The average molecular weight is 559 g/mol. The number of anilines is 1. The van der Waals surface area contributed by atoms with Crippen LogP contribution in [-0.2, 0) is 0 Å². The Balaban J connectivity index is 1.68. The number of ketones is 1. The first-order valence-corrected chi connectivity index (χ1v) is 13.9. The Morgan fingerprint density at radius 1 is 0.902 bits per heavy atom. The predicted molar refractivity (Wildman–Crippen MR) is 168 cm³/mol.